The average Bonchev–Trinajstić information content (AvgIpc) is 2.30. The van der Waals surface area contributed by atoms with Gasteiger partial charge in [-0.2, -0.15) is 0 Å². The molecule has 0 heterocycles. The fraction of sp³-hybridized carbons (Fsp3) is 0.500. The van der Waals surface area contributed by atoms with Crippen LogP contribution >= 0.6 is 23.2 Å². The molecule has 0 saturated carbocycles. The van der Waals surface area contributed by atoms with Crippen molar-refractivity contribution in [2.24, 2.45) is 0 Å². The zero-order valence-corrected chi connectivity index (χ0v) is 11.2. The number of ether oxygens (including phenoxy) is 2. The lowest BCUT2D eigenvalue weighted by atomic mass is 10.3. The molecule has 1 N–H and O–H groups in total. The van der Waals surface area contributed by atoms with Gasteiger partial charge in [0.2, 0.25) is 0 Å². The Hall–Kier alpha value is -0.480. The van der Waals surface area contributed by atoms with Gasteiger partial charge in [0.25, 0.3) is 0 Å². The van der Waals surface area contributed by atoms with Crippen molar-refractivity contribution in [3.8, 4) is 5.75 Å². The molecule has 1 aromatic rings. The minimum atomic E-state index is -0.686. The molecule has 0 spiro atoms. The van der Waals surface area contributed by atoms with Crippen molar-refractivity contribution in [2.75, 3.05) is 13.2 Å². The van der Waals surface area contributed by atoms with E-state index in [1.165, 1.54) is 0 Å². The van der Waals surface area contributed by atoms with E-state index in [-0.39, 0.29) is 0 Å². The average molecular weight is 279 g/mol. The minimum Gasteiger partial charge on any atom is -0.492 e. The van der Waals surface area contributed by atoms with Crippen LogP contribution in [0, 0.1) is 0 Å². The van der Waals surface area contributed by atoms with E-state index in [0.29, 0.717) is 41.9 Å². The van der Waals surface area contributed by atoms with Gasteiger partial charge in [0.1, 0.15) is 5.75 Å². The smallest absolute Gasteiger partial charge is 0.154 e. The van der Waals surface area contributed by atoms with Crippen LogP contribution in [-0.4, -0.2) is 24.6 Å². The molecule has 3 nitrogen and oxygen atoms in total. The molecule has 17 heavy (non-hydrogen) atoms. The predicted octanol–water partition coefficient (Wildman–Crippen LogP) is 3.51. The van der Waals surface area contributed by atoms with Gasteiger partial charge < -0.3 is 14.6 Å². The summed E-state index contributed by atoms with van der Waals surface area (Å²) in [5, 5.41) is 10.2. The topological polar surface area (TPSA) is 38.7 Å². The predicted molar refractivity (Wildman–Crippen MR) is 68.8 cm³/mol. The number of hydrogen-bond donors (Lipinski definition) is 1. The summed E-state index contributed by atoms with van der Waals surface area (Å²) >= 11 is 11.7. The Bertz CT molecular complexity index is 345. The van der Waals surface area contributed by atoms with E-state index < -0.39 is 6.29 Å². The number of hydrogen-bond acceptors (Lipinski definition) is 3. The molecule has 0 aliphatic heterocycles. The minimum absolute atomic E-state index is 0.459. The molecule has 0 bridgehead atoms. The largest absolute Gasteiger partial charge is 0.492 e. The van der Waals surface area contributed by atoms with Gasteiger partial charge >= 0.3 is 0 Å². The summed E-state index contributed by atoms with van der Waals surface area (Å²) in [6.45, 7) is 2.80. The van der Waals surface area contributed by atoms with E-state index >= 15 is 0 Å². The van der Waals surface area contributed by atoms with Crippen molar-refractivity contribution in [3.05, 3.63) is 28.2 Å². The van der Waals surface area contributed by atoms with Crippen molar-refractivity contribution in [1.82, 2.24) is 0 Å². The van der Waals surface area contributed by atoms with E-state index in [4.69, 9.17) is 37.8 Å². The van der Waals surface area contributed by atoms with E-state index in [2.05, 4.69) is 0 Å². The van der Waals surface area contributed by atoms with Crippen LogP contribution in [0.15, 0.2) is 18.2 Å². The monoisotopic (exact) mass is 278 g/mol. The maximum atomic E-state index is 9.15. The molecule has 1 aromatic carbocycles. The summed E-state index contributed by atoms with van der Waals surface area (Å²) in [5.74, 6) is 0.604. The molecule has 0 aliphatic carbocycles. The van der Waals surface area contributed by atoms with E-state index in [0.717, 1.165) is 0 Å². The Kier molecular flexibility index (Phi) is 6.66. The lowest BCUT2D eigenvalue weighted by molar-refractivity contribution is -0.102. The SMILES string of the molecule is CCC(O)OCCCOc1ccc(Cl)cc1Cl. The van der Waals surface area contributed by atoms with Gasteiger partial charge in [0.15, 0.2) is 6.29 Å². The molecule has 1 unspecified atom stereocenters. The summed E-state index contributed by atoms with van der Waals surface area (Å²) in [7, 11) is 0. The first-order valence-corrected chi connectivity index (χ1v) is 6.26. The van der Waals surface area contributed by atoms with E-state index in [1.807, 2.05) is 6.92 Å². The summed E-state index contributed by atoms with van der Waals surface area (Å²) in [6, 6.07) is 5.09. The fourth-order valence-electron chi connectivity index (χ4n) is 1.17. The third-order valence-corrected chi connectivity index (χ3v) is 2.63. The second kappa shape index (κ2) is 7.77. The first-order chi connectivity index (χ1) is 8.13. The quantitative estimate of drug-likeness (QED) is 0.613. The highest BCUT2D eigenvalue weighted by Crippen LogP contribution is 2.27. The van der Waals surface area contributed by atoms with Crippen LogP contribution in [0.4, 0.5) is 0 Å². The highest BCUT2D eigenvalue weighted by Gasteiger charge is 2.03. The molecular formula is C12H16Cl2O3. The van der Waals surface area contributed by atoms with Gasteiger partial charge in [-0.15, -0.1) is 0 Å². The highest BCUT2D eigenvalue weighted by atomic mass is 35.5. The number of aliphatic hydroxyl groups is 1. The van der Waals surface area contributed by atoms with Gasteiger partial charge in [-0.25, -0.2) is 0 Å². The lowest BCUT2D eigenvalue weighted by Gasteiger charge is -2.10. The molecule has 1 atom stereocenters. The van der Waals surface area contributed by atoms with Crippen LogP contribution in [-0.2, 0) is 4.74 Å². The van der Waals surface area contributed by atoms with Crippen LogP contribution in [0.3, 0.4) is 0 Å². The molecule has 5 heteroatoms. The zero-order chi connectivity index (χ0) is 12.7. The third kappa shape index (κ3) is 5.59. The molecule has 1 rings (SSSR count). The van der Waals surface area contributed by atoms with Crippen LogP contribution in [0.1, 0.15) is 19.8 Å². The van der Waals surface area contributed by atoms with E-state index in [9.17, 15) is 0 Å². The summed E-state index contributed by atoms with van der Waals surface area (Å²) in [6.07, 6.45) is 0.592. The van der Waals surface area contributed by atoms with Crippen molar-refractivity contribution in [3.63, 3.8) is 0 Å². The summed E-state index contributed by atoms with van der Waals surface area (Å²) in [4.78, 5) is 0. The van der Waals surface area contributed by atoms with E-state index in [1.54, 1.807) is 18.2 Å². The standard InChI is InChI=1S/C12H16Cl2O3/c1-2-12(15)17-7-3-6-16-11-5-4-9(13)8-10(11)14/h4-5,8,12,15H,2-3,6-7H2,1H3. The lowest BCUT2D eigenvalue weighted by Crippen LogP contribution is -2.12. The molecular weight excluding hydrogens is 263 g/mol. The number of rotatable bonds is 7. The van der Waals surface area contributed by atoms with Crippen LogP contribution < -0.4 is 4.74 Å². The third-order valence-electron chi connectivity index (χ3n) is 2.10. The van der Waals surface area contributed by atoms with Crippen molar-refractivity contribution in [1.29, 1.82) is 0 Å². The Balaban J connectivity index is 2.22. The van der Waals surface area contributed by atoms with Crippen molar-refractivity contribution >= 4 is 23.2 Å². The Morgan fingerprint density at radius 2 is 2.06 bits per heavy atom. The number of halogens is 2. The van der Waals surface area contributed by atoms with Crippen LogP contribution in [0.5, 0.6) is 5.75 Å². The van der Waals surface area contributed by atoms with Crippen LogP contribution in [0.25, 0.3) is 0 Å². The van der Waals surface area contributed by atoms with Crippen molar-refractivity contribution in [2.45, 2.75) is 26.1 Å². The fourth-order valence-corrected chi connectivity index (χ4v) is 1.63. The van der Waals surface area contributed by atoms with Crippen LogP contribution in [0.2, 0.25) is 10.0 Å². The normalized spacial score (nSPS) is 12.5. The Morgan fingerprint density at radius 1 is 1.29 bits per heavy atom. The second-order valence-corrected chi connectivity index (χ2v) is 4.35. The summed E-state index contributed by atoms with van der Waals surface area (Å²) in [5.41, 5.74) is 0. The first kappa shape index (κ1) is 14.6. The van der Waals surface area contributed by atoms with Crippen molar-refractivity contribution < 1.29 is 14.6 Å². The van der Waals surface area contributed by atoms with Gasteiger partial charge in [-0.05, 0) is 24.6 Å². The van der Waals surface area contributed by atoms with Gasteiger partial charge in [-0.1, -0.05) is 30.1 Å². The Labute approximate surface area is 111 Å². The number of aliphatic hydroxyl groups excluding tert-OH is 1. The number of benzene rings is 1. The molecule has 0 amide bonds. The highest BCUT2D eigenvalue weighted by molar-refractivity contribution is 6.35. The maximum absolute atomic E-state index is 9.15. The Morgan fingerprint density at radius 3 is 2.71 bits per heavy atom. The second-order valence-electron chi connectivity index (χ2n) is 3.51. The van der Waals surface area contributed by atoms with Gasteiger partial charge in [0.05, 0.1) is 18.2 Å². The molecule has 0 aromatic heterocycles. The zero-order valence-electron chi connectivity index (χ0n) is 9.66. The maximum Gasteiger partial charge on any atom is 0.154 e. The van der Waals surface area contributed by atoms with Gasteiger partial charge in [0, 0.05) is 11.4 Å². The molecule has 0 fully saturated rings. The molecule has 0 radical (unpaired) electrons. The van der Waals surface area contributed by atoms with Gasteiger partial charge in [-0.3, -0.25) is 0 Å². The first-order valence-electron chi connectivity index (χ1n) is 5.51. The summed E-state index contributed by atoms with van der Waals surface area (Å²) < 4.78 is 10.6. The molecule has 96 valence electrons. The molecule has 0 saturated heterocycles. The molecule has 0 aliphatic rings.